The number of ether oxygens (including phenoxy) is 1. The van der Waals surface area contributed by atoms with E-state index in [0.29, 0.717) is 10.0 Å². The minimum absolute atomic E-state index is 0. The lowest BCUT2D eigenvalue weighted by Crippen LogP contribution is -2.39. The highest BCUT2D eigenvalue weighted by atomic mass is 35.5. The van der Waals surface area contributed by atoms with Crippen LogP contribution in [0.2, 0.25) is 0 Å². The van der Waals surface area contributed by atoms with Gasteiger partial charge in [0, 0.05) is 14.0 Å². The van der Waals surface area contributed by atoms with Crippen LogP contribution in [0.3, 0.4) is 0 Å². The SMILES string of the molecule is COCC(N)C(=O)Nc1ncc(C(C)=O)s1.Cl. The van der Waals surface area contributed by atoms with Crippen molar-refractivity contribution in [1.82, 2.24) is 4.98 Å². The van der Waals surface area contributed by atoms with E-state index in [-0.39, 0.29) is 30.7 Å². The third-order valence-corrected chi connectivity index (χ3v) is 2.78. The van der Waals surface area contributed by atoms with Gasteiger partial charge in [0.25, 0.3) is 0 Å². The number of amides is 1. The highest BCUT2D eigenvalue weighted by molar-refractivity contribution is 7.17. The van der Waals surface area contributed by atoms with Crippen molar-refractivity contribution in [1.29, 1.82) is 0 Å². The Morgan fingerprint density at radius 1 is 1.65 bits per heavy atom. The molecule has 0 bridgehead atoms. The summed E-state index contributed by atoms with van der Waals surface area (Å²) in [6.07, 6.45) is 1.42. The van der Waals surface area contributed by atoms with E-state index in [1.165, 1.54) is 20.2 Å². The van der Waals surface area contributed by atoms with Gasteiger partial charge in [0.05, 0.1) is 17.7 Å². The molecule has 1 heterocycles. The van der Waals surface area contributed by atoms with Crippen molar-refractivity contribution in [3.05, 3.63) is 11.1 Å². The maximum absolute atomic E-state index is 11.4. The second kappa shape index (κ2) is 7.33. The van der Waals surface area contributed by atoms with Crippen LogP contribution in [-0.4, -0.2) is 36.4 Å². The predicted molar refractivity (Wildman–Crippen MR) is 67.8 cm³/mol. The summed E-state index contributed by atoms with van der Waals surface area (Å²) in [5, 5.41) is 2.88. The number of aromatic nitrogens is 1. The van der Waals surface area contributed by atoms with E-state index >= 15 is 0 Å². The van der Waals surface area contributed by atoms with E-state index in [9.17, 15) is 9.59 Å². The summed E-state index contributed by atoms with van der Waals surface area (Å²) in [4.78, 5) is 26.8. The number of Topliss-reactive ketones (excluding diaryl/α,β-unsaturated/α-hetero) is 1. The first-order valence-corrected chi connectivity index (χ1v) is 5.38. The van der Waals surface area contributed by atoms with Gasteiger partial charge in [-0.25, -0.2) is 4.98 Å². The highest BCUT2D eigenvalue weighted by Gasteiger charge is 2.15. The Kier molecular flexibility index (Phi) is 6.89. The number of nitrogens with one attached hydrogen (secondary N) is 1. The summed E-state index contributed by atoms with van der Waals surface area (Å²) in [5.74, 6) is -0.467. The molecular weight excluding hydrogens is 266 g/mol. The highest BCUT2D eigenvalue weighted by Crippen LogP contribution is 2.18. The molecule has 1 unspecified atom stereocenters. The molecule has 1 amide bonds. The number of anilines is 1. The summed E-state index contributed by atoms with van der Waals surface area (Å²) in [6.45, 7) is 1.58. The first kappa shape index (κ1) is 16.0. The Bertz CT molecular complexity index is 397. The maximum atomic E-state index is 11.4. The van der Waals surface area contributed by atoms with Gasteiger partial charge in [0.1, 0.15) is 6.04 Å². The van der Waals surface area contributed by atoms with Crippen LogP contribution in [0.1, 0.15) is 16.6 Å². The van der Waals surface area contributed by atoms with Crippen LogP contribution in [0.15, 0.2) is 6.20 Å². The monoisotopic (exact) mass is 279 g/mol. The maximum Gasteiger partial charge on any atom is 0.245 e. The molecule has 0 spiro atoms. The van der Waals surface area contributed by atoms with Gasteiger partial charge in [-0.2, -0.15) is 0 Å². The number of thiazole rings is 1. The minimum atomic E-state index is -0.741. The minimum Gasteiger partial charge on any atom is -0.383 e. The smallest absolute Gasteiger partial charge is 0.245 e. The van der Waals surface area contributed by atoms with E-state index in [0.717, 1.165) is 11.3 Å². The Morgan fingerprint density at radius 2 is 2.29 bits per heavy atom. The zero-order valence-electron chi connectivity index (χ0n) is 9.43. The van der Waals surface area contributed by atoms with E-state index in [2.05, 4.69) is 10.3 Å². The zero-order chi connectivity index (χ0) is 12.1. The molecular formula is C9H14ClN3O3S. The van der Waals surface area contributed by atoms with Crippen molar-refractivity contribution in [2.24, 2.45) is 5.73 Å². The average molecular weight is 280 g/mol. The van der Waals surface area contributed by atoms with E-state index < -0.39 is 6.04 Å². The van der Waals surface area contributed by atoms with Crippen molar-refractivity contribution >= 4 is 40.6 Å². The van der Waals surface area contributed by atoms with Gasteiger partial charge < -0.3 is 15.8 Å². The van der Waals surface area contributed by atoms with Gasteiger partial charge in [-0.1, -0.05) is 11.3 Å². The number of hydrogen-bond acceptors (Lipinski definition) is 6. The summed E-state index contributed by atoms with van der Waals surface area (Å²) in [7, 11) is 1.46. The van der Waals surface area contributed by atoms with Crippen LogP contribution in [0.5, 0.6) is 0 Å². The summed E-state index contributed by atoms with van der Waals surface area (Å²) in [5.41, 5.74) is 5.52. The molecule has 17 heavy (non-hydrogen) atoms. The molecule has 0 fully saturated rings. The van der Waals surface area contributed by atoms with Gasteiger partial charge in [0.15, 0.2) is 10.9 Å². The van der Waals surface area contributed by atoms with Gasteiger partial charge in [-0.05, 0) is 0 Å². The standard InChI is InChI=1S/C9H13N3O3S.ClH/c1-5(13)7-3-11-9(16-7)12-8(14)6(10)4-15-2;/h3,6H,4,10H2,1-2H3,(H,11,12,14);1H. The van der Waals surface area contributed by atoms with Crippen LogP contribution in [0.25, 0.3) is 0 Å². The summed E-state index contributed by atoms with van der Waals surface area (Å²) in [6, 6.07) is -0.741. The lowest BCUT2D eigenvalue weighted by atomic mass is 10.3. The van der Waals surface area contributed by atoms with Gasteiger partial charge in [-0.15, -0.1) is 12.4 Å². The lowest BCUT2D eigenvalue weighted by molar-refractivity contribution is -0.118. The summed E-state index contributed by atoms with van der Waals surface area (Å²) < 4.78 is 4.75. The van der Waals surface area contributed by atoms with Gasteiger partial charge in [0.2, 0.25) is 5.91 Å². The molecule has 1 aromatic rings. The lowest BCUT2D eigenvalue weighted by Gasteiger charge is -2.08. The van der Waals surface area contributed by atoms with Crippen LogP contribution in [0, 0.1) is 0 Å². The number of nitrogens with zero attached hydrogens (tertiary/aromatic N) is 1. The van der Waals surface area contributed by atoms with Gasteiger partial charge >= 0.3 is 0 Å². The Morgan fingerprint density at radius 3 is 2.76 bits per heavy atom. The fourth-order valence-electron chi connectivity index (χ4n) is 0.948. The van der Waals surface area contributed by atoms with Crippen LogP contribution < -0.4 is 11.1 Å². The van der Waals surface area contributed by atoms with Crippen molar-refractivity contribution in [3.8, 4) is 0 Å². The molecule has 0 radical (unpaired) electrons. The van der Waals surface area contributed by atoms with Crippen LogP contribution in [-0.2, 0) is 9.53 Å². The number of hydrogen-bond donors (Lipinski definition) is 2. The molecule has 0 aromatic carbocycles. The normalized spacial score (nSPS) is 11.5. The van der Waals surface area contributed by atoms with Crippen molar-refractivity contribution in [3.63, 3.8) is 0 Å². The third kappa shape index (κ3) is 4.78. The predicted octanol–water partition coefficient (Wildman–Crippen LogP) is 0.680. The molecule has 1 rings (SSSR count). The number of carbonyl (C=O) groups is 2. The molecule has 0 aliphatic rings. The topological polar surface area (TPSA) is 94.3 Å². The van der Waals surface area contributed by atoms with Crippen molar-refractivity contribution in [2.45, 2.75) is 13.0 Å². The number of carbonyl (C=O) groups excluding carboxylic acids is 2. The fourth-order valence-corrected chi connectivity index (χ4v) is 1.66. The quantitative estimate of drug-likeness (QED) is 0.773. The molecule has 3 N–H and O–H groups in total. The van der Waals surface area contributed by atoms with E-state index in [1.807, 2.05) is 0 Å². The fraction of sp³-hybridized carbons (Fsp3) is 0.444. The van der Waals surface area contributed by atoms with Crippen LogP contribution >= 0.6 is 23.7 Å². The Balaban J connectivity index is 0.00000256. The average Bonchev–Trinajstić information content (AvgIpc) is 2.66. The number of ketones is 1. The van der Waals surface area contributed by atoms with Crippen molar-refractivity contribution in [2.75, 3.05) is 19.0 Å². The molecule has 0 aliphatic heterocycles. The second-order valence-corrected chi connectivity index (χ2v) is 4.17. The molecule has 1 atom stereocenters. The first-order chi connectivity index (χ1) is 7.54. The Labute approximate surface area is 109 Å². The molecule has 1 aromatic heterocycles. The summed E-state index contributed by atoms with van der Waals surface area (Å²) >= 11 is 1.12. The number of halogens is 1. The molecule has 0 saturated carbocycles. The van der Waals surface area contributed by atoms with Gasteiger partial charge in [-0.3, -0.25) is 9.59 Å². The molecule has 0 aliphatic carbocycles. The number of nitrogens with two attached hydrogens (primary N) is 1. The molecule has 96 valence electrons. The molecule has 6 nitrogen and oxygen atoms in total. The van der Waals surface area contributed by atoms with Crippen LogP contribution in [0.4, 0.5) is 5.13 Å². The number of rotatable bonds is 5. The number of methoxy groups -OCH3 is 1. The largest absolute Gasteiger partial charge is 0.383 e. The zero-order valence-corrected chi connectivity index (χ0v) is 11.1. The second-order valence-electron chi connectivity index (χ2n) is 3.14. The van der Waals surface area contributed by atoms with E-state index in [1.54, 1.807) is 0 Å². The Hall–Kier alpha value is -1.02. The third-order valence-electron chi connectivity index (χ3n) is 1.77. The van der Waals surface area contributed by atoms with E-state index in [4.69, 9.17) is 10.5 Å². The molecule has 8 heteroatoms. The molecule has 0 saturated heterocycles. The van der Waals surface area contributed by atoms with Crippen molar-refractivity contribution < 1.29 is 14.3 Å². The first-order valence-electron chi connectivity index (χ1n) is 4.56.